The molecule has 0 radical (unpaired) electrons. The highest BCUT2D eigenvalue weighted by Crippen LogP contribution is 2.22. The number of aromatic nitrogens is 2. The molecule has 5 heteroatoms. The smallest absolute Gasteiger partial charge is 0.174 e. The average Bonchev–Trinajstić information content (AvgIpc) is 2.65. The van der Waals surface area contributed by atoms with Crippen LogP contribution >= 0.6 is 23.1 Å². The van der Waals surface area contributed by atoms with Crippen LogP contribution in [0.1, 0.15) is 10.6 Å². The van der Waals surface area contributed by atoms with Crippen LogP contribution < -0.4 is 0 Å². The Morgan fingerprint density at radius 1 is 1.40 bits per heavy atom. The first-order valence-corrected chi connectivity index (χ1v) is 6.46. The first-order valence-electron chi connectivity index (χ1n) is 4.42. The van der Waals surface area contributed by atoms with Crippen molar-refractivity contribution in [1.82, 2.24) is 10.2 Å². The van der Waals surface area contributed by atoms with E-state index in [1.165, 1.54) is 0 Å². The fraction of sp³-hybridized carbons (Fsp3) is 0.200. The van der Waals surface area contributed by atoms with Gasteiger partial charge in [-0.2, -0.15) is 0 Å². The summed E-state index contributed by atoms with van der Waals surface area (Å²) >= 11 is 3.19. The molecule has 0 aliphatic carbocycles. The fourth-order valence-electron chi connectivity index (χ4n) is 1.23. The van der Waals surface area contributed by atoms with Crippen molar-refractivity contribution in [2.45, 2.75) is 10.8 Å². The fourth-order valence-corrected chi connectivity index (χ4v) is 2.58. The zero-order valence-corrected chi connectivity index (χ0v) is 9.81. The molecule has 0 bridgehead atoms. The van der Waals surface area contributed by atoms with Crippen molar-refractivity contribution in [2.24, 2.45) is 0 Å². The van der Waals surface area contributed by atoms with E-state index in [9.17, 15) is 5.11 Å². The molecular weight excluding hydrogens is 228 g/mol. The second-order valence-corrected chi connectivity index (χ2v) is 5.13. The lowest BCUT2D eigenvalue weighted by molar-refractivity contribution is 0.474. The van der Waals surface area contributed by atoms with Crippen LogP contribution in [0.2, 0.25) is 0 Å². The Morgan fingerprint density at radius 3 is 2.93 bits per heavy atom. The minimum atomic E-state index is 0.294. The molecule has 0 unspecified atom stereocenters. The van der Waals surface area contributed by atoms with Gasteiger partial charge in [0.2, 0.25) is 0 Å². The molecule has 0 amide bonds. The Balaban J connectivity index is 2.14. The number of nitrogens with zero attached hydrogens (tertiary/aromatic N) is 2. The van der Waals surface area contributed by atoms with Crippen molar-refractivity contribution < 1.29 is 5.11 Å². The Morgan fingerprint density at radius 2 is 2.27 bits per heavy atom. The quantitative estimate of drug-likeness (QED) is 0.835. The van der Waals surface area contributed by atoms with Gasteiger partial charge in [-0.1, -0.05) is 35.2 Å². The molecule has 2 rings (SSSR count). The van der Waals surface area contributed by atoms with Gasteiger partial charge in [-0.15, -0.1) is 10.2 Å². The average molecular weight is 238 g/mol. The second kappa shape index (κ2) is 4.63. The maximum absolute atomic E-state index is 9.31. The molecule has 0 saturated heterocycles. The normalized spacial score (nSPS) is 10.5. The lowest BCUT2D eigenvalue weighted by Gasteiger charge is -1.97. The van der Waals surface area contributed by atoms with Gasteiger partial charge in [0, 0.05) is 6.42 Å². The highest BCUT2D eigenvalue weighted by molar-refractivity contribution is 8.00. The van der Waals surface area contributed by atoms with Gasteiger partial charge >= 0.3 is 0 Å². The predicted molar refractivity (Wildman–Crippen MR) is 62.6 cm³/mol. The maximum Gasteiger partial charge on any atom is 0.174 e. The summed E-state index contributed by atoms with van der Waals surface area (Å²) < 4.78 is 0.977. The molecule has 0 atom stereocenters. The summed E-state index contributed by atoms with van der Waals surface area (Å²) in [5, 5.41) is 18.4. The number of phenolic OH excluding ortho intramolecular Hbond substituents is 1. The van der Waals surface area contributed by atoms with E-state index in [4.69, 9.17) is 0 Å². The van der Waals surface area contributed by atoms with Gasteiger partial charge in [0.25, 0.3) is 0 Å². The summed E-state index contributed by atoms with van der Waals surface area (Å²) in [7, 11) is 0. The molecule has 15 heavy (non-hydrogen) atoms. The van der Waals surface area contributed by atoms with E-state index >= 15 is 0 Å². The van der Waals surface area contributed by atoms with Crippen LogP contribution in [-0.4, -0.2) is 21.6 Å². The van der Waals surface area contributed by atoms with Crippen LogP contribution in [0, 0.1) is 0 Å². The molecule has 0 aliphatic heterocycles. The first-order chi connectivity index (χ1) is 7.28. The number of rotatable bonds is 3. The Labute approximate surface area is 96.2 Å². The van der Waals surface area contributed by atoms with E-state index in [0.717, 1.165) is 21.3 Å². The minimum Gasteiger partial charge on any atom is -0.508 e. The van der Waals surface area contributed by atoms with Crippen LogP contribution in [0.3, 0.4) is 0 Å². The van der Waals surface area contributed by atoms with Gasteiger partial charge in [0.1, 0.15) is 10.8 Å². The van der Waals surface area contributed by atoms with E-state index in [1.807, 2.05) is 18.4 Å². The molecule has 1 aromatic carbocycles. The van der Waals surface area contributed by atoms with Gasteiger partial charge < -0.3 is 5.11 Å². The third-order valence-electron chi connectivity index (χ3n) is 1.89. The number of thioether (sulfide) groups is 1. The van der Waals surface area contributed by atoms with Crippen LogP contribution in [0.4, 0.5) is 0 Å². The van der Waals surface area contributed by atoms with Gasteiger partial charge in [-0.05, 0) is 24.0 Å². The summed E-state index contributed by atoms with van der Waals surface area (Å²) in [5.74, 6) is 0.294. The molecule has 0 fully saturated rings. The largest absolute Gasteiger partial charge is 0.508 e. The number of aromatic hydroxyl groups is 1. The van der Waals surface area contributed by atoms with Crippen molar-refractivity contribution >= 4 is 23.1 Å². The molecule has 0 spiro atoms. The van der Waals surface area contributed by atoms with Crippen LogP contribution in [0.15, 0.2) is 28.6 Å². The van der Waals surface area contributed by atoms with Crippen molar-refractivity contribution in [3.63, 3.8) is 0 Å². The summed E-state index contributed by atoms with van der Waals surface area (Å²) in [6, 6.07) is 7.22. The minimum absolute atomic E-state index is 0.294. The van der Waals surface area contributed by atoms with E-state index in [0.29, 0.717) is 5.75 Å². The lowest BCUT2D eigenvalue weighted by Crippen LogP contribution is -1.86. The Kier molecular flexibility index (Phi) is 3.23. The van der Waals surface area contributed by atoms with Gasteiger partial charge in [0.05, 0.1) is 0 Å². The third-order valence-corrected chi connectivity index (χ3v) is 3.79. The number of phenols is 1. The standard InChI is InChI=1S/C10H10N2OS2/c1-14-10-12-11-9(15-10)6-7-3-2-4-8(13)5-7/h2-5,13H,6H2,1H3. The molecular formula is C10H10N2OS2. The van der Waals surface area contributed by atoms with E-state index < -0.39 is 0 Å². The number of benzene rings is 1. The van der Waals surface area contributed by atoms with E-state index in [2.05, 4.69) is 10.2 Å². The molecule has 1 N–H and O–H groups in total. The van der Waals surface area contributed by atoms with Crippen molar-refractivity contribution in [3.05, 3.63) is 34.8 Å². The molecule has 2 aromatic rings. The van der Waals surface area contributed by atoms with Crippen LogP contribution in [0.25, 0.3) is 0 Å². The van der Waals surface area contributed by atoms with E-state index in [1.54, 1.807) is 35.2 Å². The SMILES string of the molecule is CSc1nnc(Cc2cccc(O)c2)s1. The monoisotopic (exact) mass is 238 g/mol. The summed E-state index contributed by atoms with van der Waals surface area (Å²) in [5.41, 5.74) is 1.05. The third kappa shape index (κ3) is 2.70. The molecule has 0 aliphatic rings. The zero-order chi connectivity index (χ0) is 10.7. The summed E-state index contributed by atoms with van der Waals surface area (Å²) in [6.45, 7) is 0. The highest BCUT2D eigenvalue weighted by atomic mass is 32.2. The Bertz CT molecular complexity index is 456. The molecule has 3 nitrogen and oxygen atoms in total. The van der Waals surface area contributed by atoms with E-state index in [-0.39, 0.29) is 0 Å². The molecule has 78 valence electrons. The summed E-state index contributed by atoms with van der Waals surface area (Å²) in [4.78, 5) is 0. The second-order valence-electron chi connectivity index (χ2n) is 3.01. The van der Waals surface area contributed by atoms with Crippen molar-refractivity contribution in [1.29, 1.82) is 0 Å². The molecule has 1 heterocycles. The number of hydrogen-bond acceptors (Lipinski definition) is 5. The van der Waals surface area contributed by atoms with Gasteiger partial charge in [-0.25, -0.2) is 0 Å². The molecule has 0 saturated carbocycles. The van der Waals surface area contributed by atoms with Gasteiger partial charge in [0.15, 0.2) is 4.34 Å². The predicted octanol–water partition coefficient (Wildman–Crippen LogP) is 2.56. The lowest BCUT2D eigenvalue weighted by atomic mass is 10.1. The topological polar surface area (TPSA) is 46.0 Å². The van der Waals surface area contributed by atoms with Crippen molar-refractivity contribution in [2.75, 3.05) is 6.26 Å². The highest BCUT2D eigenvalue weighted by Gasteiger charge is 2.04. The summed E-state index contributed by atoms with van der Waals surface area (Å²) in [6.07, 6.45) is 2.71. The zero-order valence-electron chi connectivity index (χ0n) is 8.17. The number of hydrogen-bond donors (Lipinski definition) is 1. The first kappa shape index (κ1) is 10.4. The van der Waals surface area contributed by atoms with Crippen LogP contribution in [0.5, 0.6) is 5.75 Å². The van der Waals surface area contributed by atoms with Gasteiger partial charge in [-0.3, -0.25) is 0 Å². The van der Waals surface area contributed by atoms with Crippen molar-refractivity contribution in [3.8, 4) is 5.75 Å². The Hall–Kier alpha value is -1.07. The maximum atomic E-state index is 9.31. The van der Waals surface area contributed by atoms with Crippen LogP contribution in [-0.2, 0) is 6.42 Å². The molecule has 1 aromatic heterocycles.